The van der Waals surface area contributed by atoms with Crippen molar-refractivity contribution in [3.63, 3.8) is 0 Å². The van der Waals surface area contributed by atoms with Crippen LogP contribution in [-0.4, -0.2) is 16.7 Å². The number of nitrogen functional groups attached to an aromatic ring is 1. The topological polar surface area (TPSA) is 53.1 Å². The monoisotopic (exact) mass is 345 g/mol. The van der Waals surface area contributed by atoms with Gasteiger partial charge in [-0.25, -0.2) is 4.98 Å². The normalized spacial score (nSPS) is 14.0. The molecule has 1 aliphatic carbocycles. The van der Waals surface area contributed by atoms with E-state index in [-0.39, 0.29) is 0 Å². The van der Waals surface area contributed by atoms with E-state index in [9.17, 15) is 0 Å². The average Bonchev–Trinajstić information content (AvgIpc) is 3.27. The molecule has 1 aliphatic rings. The fraction of sp³-hybridized carbons (Fsp3) is 0.312. The zero-order valence-corrected chi connectivity index (χ0v) is 13.4. The van der Waals surface area contributed by atoms with Crippen molar-refractivity contribution in [1.82, 2.24) is 9.55 Å². The number of ether oxygens (including phenoxy) is 1. The summed E-state index contributed by atoms with van der Waals surface area (Å²) in [6.07, 6.45) is 7.76. The lowest BCUT2D eigenvalue weighted by molar-refractivity contribution is 0.415. The molecule has 1 aromatic carbocycles. The van der Waals surface area contributed by atoms with Gasteiger partial charge in [-0.2, -0.15) is 0 Å². The number of hydrogen-bond donors (Lipinski definition) is 1. The van der Waals surface area contributed by atoms with Gasteiger partial charge < -0.3 is 15.0 Å². The summed E-state index contributed by atoms with van der Waals surface area (Å²) in [5, 5.41) is 0. The highest BCUT2D eigenvalue weighted by Crippen LogP contribution is 2.43. The van der Waals surface area contributed by atoms with Crippen molar-refractivity contribution in [2.24, 2.45) is 0 Å². The Balaban J connectivity index is 2.14. The molecule has 3 rings (SSSR count). The molecule has 2 aromatic rings. The smallest absolute Gasteiger partial charge is 0.132 e. The molecule has 5 heteroatoms. The van der Waals surface area contributed by atoms with Gasteiger partial charge in [0.05, 0.1) is 13.7 Å². The predicted octanol–water partition coefficient (Wildman–Crippen LogP) is 3.41. The van der Waals surface area contributed by atoms with Gasteiger partial charge >= 0.3 is 0 Å². The van der Waals surface area contributed by atoms with E-state index in [1.165, 1.54) is 0 Å². The van der Waals surface area contributed by atoms with E-state index in [1.807, 2.05) is 22.8 Å². The van der Waals surface area contributed by atoms with Gasteiger partial charge in [0, 0.05) is 16.0 Å². The standard InChI is InChI=1S/C16H16BrN3O/c1-3-8-20-15(18)14(19-16(20)10-4-5-10)12-9-11(21-2)6-7-13(12)17/h1,6-7,9-10H,4-5,8,18H2,2H3. The maximum absolute atomic E-state index is 6.29. The Morgan fingerprint density at radius 1 is 1.52 bits per heavy atom. The zero-order chi connectivity index (χ0) is 15.0. The molecule has 0 radical (unpaired) electrons. The van der Waals surface area contributed by atoms with Crippen LogP contribution in [0.25, 0.3) is 11.3 Å². The van der Waals surface area contributed by atoms with Gasteiger partial charge in [-0.05, 0) is 31.0 Å². The molecule has 1 saturated carbocycles. The molecule has 0 bridgehead atoms. The van der Waals surface area contributed by atoms with E-state index < -0.39 is 0 Å². The summed E-state index contributed by atoms with van der Waals surface area (Å²) < 4.78 is 8.16. The SMILES string of the molecule is C#CCn1c(C2CC2)nc(-c2cc(OC)ccc2Br)c1N. The van der Waals surface area contributed by atoms with Crippen LogP contribution in [0.1, 0.15) is 24.6 Å². The van der Waals surface area contributed by atoms with Crippen LogP contribution in [0.3, 0.4) is 0 Å². The molecular weight excluding hydrogens is 330 g/mol. The maximum Gasteiger partial charge on any atom is 0.132 e. The molecule has 0 saturated heterocycles. The molecule has 21 heavy (non-hydrogen) atoms. The Bertz CT molecular complexity index is 726. The summed E-state index contributed by atoms with van der Waals surface area (Å²) in [5.41, 5.74) is 7.97. The number of nitrogens with zero attached hydrogens (tertiary/aromatic N) is 2. The highest BCUT2D eigenvalue weighted by molar-refractivity contribution is 9.10. The quantitative estimate of drug-likeness (QED) is 0.863. The number of benzene rings is 1. The van der Waals surface area contributed by atoms with Gasteiger partial charge in [0.2, 0.25) is 0 Å². The third kappa shape index (κ3) is 2.52. The lowest BCUT2D eigenvalue weighted by Gasteiger charge is -2.07. The number of nitrogens with two attached hydrogens (primary N) is 1. The first-order valence-electron chi connectivity index (χ1n) is 6.79. The minimum atomic E-state index is 0.451. The number of anilines is 1. The zero-order valence-electron chi connectivity index (χ0n) is 11.8. The molecule has 0 amide bonds. The molecule has 0 atom stereocenters. The summed E-state index contributed by atoms with van der Waals surface area (Å²) in [6, 6.07) is 5.76. The van der Waals surface area contributed by atoms with Crippen molar-refractivity contribution >= 4 is 21.7 Å². The van der Waals surface area contributed by atoms with Crippen LogP contribution in [0.2, 0.25) is 0 Å². The first kappa shape index (κ1) is 14.0. The number of rotatable bonds is 4. The van der Waals surface area contributed by atoms with Gasteiger partial charge in [0.15, 0.2) is 0 Å². The van der Waals surface area contributed by atoms with E-state index in [0.717, 1.165) is 40.1 Å². The summed E-state index contributed by atoms with van der Waals surface area (Å²) >= 11 is 3.56. The van der Waals surface area contributed by atoms with Crippen LogP contribution in [0.5, 0.6) is 5.75 Å². The minimum absolute atomic E-state index is 0.451. The lowest BCUT2D eigenvalue weighted by atomic mass is 10.1. The molecular formula is C16H16BrN3O. The second kappa shape index (κ2) is 5.45. The highest BCUT2D eigenvalue weighted by atomic mass is 79.9. The van der Waals surface area contributed by atoms with E-state index in [1.54, 1.807) is 7.11 Å². The van der Waals surface area contributed by atoms with Crippen LogP contribution in [0.4, 0.5) is 5.82 Å². The van der Waals surface area contributed by atoms with E-state index in [0.29, 0.717) is 18.3 Å². The summed E-state index contributed by atoms with van der Waals surface area (Å²) in [7, 11) is 1.64. The summed E-state index contributed by atoms with van der Waals surface area (Å²) in [4.78, 5) is 4.75. The fourth-order valence-electron chi connectivity index (χ4n) is 2.41. The van der Waals surface area contributed by atoms with Gasteiger partial charge in [0.1, 0.15) is 23.1 Å². The van der Waals surface area contributed by atoms with Crippen LogP contribution >= 0.6 is 15.9 Å². The molecule has 0 spiro atoms. The molecule has 108 valence electrons. The molecule has 1 heterocycles. The second-order valence-electron chi connectivity index (χ2n) is 5.11. The number of halogens is 1. The van der Waals surface area contributed by atoms with Crippen LogP contribution in [0, 0.1) is 12.3 Å². The summed E-state index contributed by atoms with van der Waals surface area (Å²) in [6.45, 7) is 0.451. The Hall–Kier alpha value is -1.93. The largest absolute Gasteiger partial charge is 0.497 e. The van der Waals surface area contributed by atoms with E-state index in [2.05, 4.69) is 21.9 Å². The van der Waals surface area contributed by atoms with Crippen molar-refractivity contribution in [3.8, 4) is 29.4 Å². The van der Waals surface area contributed by atoms with Gasteiger partial charge in [-0.15, -0.1) is 6.42 Å². The number of hydrogen-bond acceptors (Lipinski definition) is 3. The Morgan fingerprint density at radius 2 is 2.29 bits per heavy atom. The van der Waals surface area contributed by atoms with Crippen molar-refractivity contribution in [3.05, 3.63) is 28.5 Å². The molecule has 0 unspecified atom stereocenters. The Labute approximate surface area is 132 Å². The van der Waals surface area contributed by atoms with Crippen LogP contribution in [0.15, 0.2) is 22.7 Å². The van der Waals surface area contributed by atoms with E-state index in [4.69, 9.17) is 21.9 Å². The third-order valence-electron chi connectivity index (χ3n) is 3.66. The van der Waals surface area contributed by atoms with Crippen molar-refractivity contribution in [2.75, 3.05) is 12.8 Å². The van der Waals surface area contributed by atoms with Crippen molar-refractivity contribution < 1.29 is 4.74 Å². The molecule has 1 aromatic heterocycles. The summed E-state index contributed by atoms with van der Waals surface area (Å²) in [5.74, 6) is 5.52. The van der Waals surface area contributed by atoms with Gasteiger partial charge in [-0.3, -0.25) is 0 Å². The fourth-order valence-corrected chi connectivity index (χ4v) is 2.84. The van der Waals surface area contributed by atoms with Gasteiger partial charge in [-0.1, -0.05) is 21.9 Å². The average molecular weight is 346 g/mol. The first-order valence-corrected chi connectivity index (χ1v) is 7.58. The van der Waals surface area contributed by atoms with Crippen LogP contribution in [-0.2, 0) is 6.54 Å². The molecule has 1 fully saturated rings. The Morgan fingerprint density at radius 3 is 2.90 bits per heavy atom. The molecule has 2 N–H and O–H groups in total. The maximum atomic E-state index is 6.29. The molecule has 4 nitrogen and oxygen atoms in total. The van der Waals surface area contributed by atoms with Crippen LogP contribution < -0.4 is 10.5 Å². The minimum Gasteiger partial charge on any atom is -0.497 e. The number of terminal acetylenes is 1. The van der Waals surface area contributed by atoms with E-state index >= 15 is 0 Å². The number of methoxy groups -OCH3 is 1. The predicted molar refractivity (Wildman–Crippen MR) is 87.1 cm³/mol. The third-order valence-corrected chi connectivity index (χ3v) is 4.35. The number of imidazole rings is 1. The van der Waals surface area contributed by atoms with Gasteiger partial charge in [0.25, 0.3) is 0 Å². The highest BCUT2D eigenvalue weighted by Gasteiger charge is 2.31. The van der Waals surface area contributed by atoms with Crippen molar-refractivity contribution in [2.45, 2.75) is 25.3 Å². The van der Waals surface area contributed by atoms with Crippen molar-refractivity contribution in [1.29, 1.82) is 0 Å². The molecule has 0 aliphatic heterocycles. The first-order chi connectivity index (χ1) is 10.2. The Kier molecular flexibility index (Phi) is 3.64. The lowest BCUT2D eigenvalue weighted by Crippen LogP contribution is -2.05. The number of aromatic nitrogens is 2. The second-order valence-corrected chi connectivity index (χ2v) is 5.97.